The highest BCUT2D eigenvalue weighted by atomic mass is 35.5. The van der Waals surface area contributed by atoms with Crippen molar-refractivity contribution in [2.45, 2.75) is 13.3 Å². The predicted molar refractivity (Wildman–Crippen MR) is 74.6 cm³/mol. The van der Waals surface area contributed by atoms with E-state index in [9.17, 15) is 0 Å². The second-order valence-electron chi connectivity index (χ2n) is 4.66. The second kappa shape index (κ2) is 5.61. The van der Waals surface area contributed by atoms with Crippen LogP contribution >= 0.6 is 11.6 Å². The summed E-state index contributed by atoms with van der Waals surface area (Å²) in [5.74, 6) is 0.716. The van der Waals surface area contributed by atoms with Crippen molar-refractivity contribution in [2.75, 3.05) is 37.2 Å². The van der Waals surface area contributed by atoms with E-state index in [-0.39, 0.29) is 0 Å². The Morgan fingerprint density at radius 2 is 2.35 bits per heavy atom. The van der Waals surface area contributed by atoms with E-state index >= 15 is 0 Å². The van der Waals surface area contributed by atoms with Crippen LogP contribution < -0.4 is 11.1 Å². The van der Waals surface area contributed by atoms with Gasteiger partial charge in [0.1, 0.15) is 0 Å². The third-order valence-electron chi connectivity index (χ3n) is 3.41. The van der Waals surface area contributed by atoms with Crippen LogP contribution in [0.2, 0.25) is 5.02 Å². The Hall–Kier alpha value is -0.930. The Morgan fingerprint density at radius 1 is 1.53 bits per heavy atom. The number of rotatable bonds is 4. The Labute approximate surface area is 108 Å². The second-order valence-corrected chi connectivity index (χ2v) is 5.10. The number of benzene rings is 1. The molecule has 1 saturated heterocycles. The Bertz CT molecular complexity index is 381. The van der Waals surface area contributed by atoms with Crippen molar-refractivity contribution in [1.82, 2.24) is 4.90 Å². The van der Waals surface area contributed by atoms with E-state index < -0.39 is 0 Å². The molecule has 0 aromatic heterocycles. The summed E-state index contributed by atoms with van der Waals surface area (Å²) in [4.78, 5) is 2.48. The summed E-state index contributed by atoms with van der Waals surface area (Å²) in [5.41, 5.74) is 7.61. The zero-order chi connectivity index (χ0) is 12.3. The van der Waals surface area contributed by atoms with Crippen molar-refractivity contribution in [3.63, 3.8) is 0 Å². The van der Waals surface area contributed by atoms with Gasteiger partial charge in [0, 0.05) is 18.1 Å². The van der Waals surface area contributed by atoms with Gasteiger partial charge in [0.05, 0.1) is 11.4 Å². The van der Waals surface area contributed by atoms with Crippen LogP contribution in [0.4, 0.5) is 11.4 Å². The third-order valence-corrected chi connectivity index (χ3v) is 3.65. The maximum absolute atomic E-state index is 5.95. The fraction of sp³-hybridized carbons (Fsp3) is 0.538. The first-order valence-electron chi connectivity index (χ1n) is 6.20. The SMILES string of the molecule is CCN1CCC(CNc2cc(Cl)ccc2N)C1. The lowest BCUT2D eigenvalue weighted by Gasteiger charge is -2.15. The number of nitrogens with one attached hydrogen (secondary N) is 1. The van der Waals surface area contributed by atoms with Crippen molar-refractivity contribution in [2.24, 2.45) is 5.92 Å². The number of hydrogen-bond acceptors (Lipinski definition) is 3. The minimum absolute atomic E-state index is 0.716. The molecule has 0 spiro atoms. The molecule has 3 N–H and O–H groups in total. The molecule has 0 amide bonds. The lowest BCUT2D eigenvalue weighted by molar-refractivity contribution is 0.345. The van der Waals surface area contributed by atoms with Gasteiger partial charge in [-0.2, -0.15) is 0 Å². The van der Waals surface area contributed by atoms with Gasteiger partial charge < -0.3 is 16.0 Å². The van der Waals surface area contributed by atoms with Gasteiger partial charge in [-0.3, -0.25) is 0 Å². The molecule has 0 saturated carbocycles. The van der Waals surface area contributed by atoms with Gasteiger partial charge in [-0.15, -0.1) is 0 Å². The quantitative estimate of drug-likeness (QED) is 0.811. The molecule has 1 heterocycles. The van der Waals surface area contributed by atoms with E-state index in [0.29, 0.717) is 5.92 Å². The molecule has 1 fully saturated rings. The molecule has 0 aliphatic carbocycles. The van der Waals surface area contributed by atoms with Gasteiger partial charge >= 0.3 is 0 Å². The first kappa shape index (κ1) is 12.5. The van der Waals surface area contributed by atoms with Crippen molar-refractivity contribution >= 4 is 23.0 Å². The van der Waals surface area contributed by atoms with E-state index in [2.05, 4.69) is 17.1 Å². The van der Waals surface area contributed by atoms with Crippen LogP contribution in [0.1, 0.15) is 13.3 Å². The van der Waals surface area contributed by atoms with Crippen LogP contribution in [0.25, 0.3) is 0 Å². The van der Waals surface area contributed by atoms with Crippen LogP contribution in [-0.4, -0.2) is 31.1 Å². The summed E-state index contributed by atoms with van der Waals surface area (Å²) in [6.07, 6.45) is 1.27. The Morgan fingerprint density at radius 3 is 3.06 bits per heavy atom. The van der Waals surface area contributed by atoms with E-state index in [1.165, 1.54) is 19.5 Å². The molecular weight excluding hydrogens is 234 g/mol. The average molecular weight is 254 g/mol. The van der Waals surface area contributed by atoms with E-state index in [1.54, 1.807) is 0 Å². The molecule has 0 bridgehead atoms. The van der Waals surface area contributed by atoms with Crippen molar-refractivity contribution < 1.29 is 0 Å². The summed E-state index contributed by atoms with van der Waals surface area (Å²) in [6.45, 7) is 6.74. The first-order valence-corrected chi connectivity index (χ1v) is 6.58. The number of nitrogen functional groups attached to an aromatic ring is 1. The number of nitrogens with zero attached hydrogens (tertiary/aromatic N) is 1. The molecule has 0 radical (unpaired) electrons. The minimum Gasteiger partial charge on any atom is -0.397 e. The molecule has 1 aliphatic rings. The van der Waals surface area contributed by atoms with Crippen LogP contribution in [0, 0.1) is 5.92 Å². The number of anilines is 2. The van der Waals surface area contributed by atoms with E-state index in [1.807, 2.05) is 18.2 Å². The van der Waals surface area contributed by atoms with Gasteiger partial charge in [0.15, 0.2) is 0 Å². The average Bonchev–Trinajstić information content (AvgIpc) is 2.78. The summed E-state index contributed by atoms with van der Waals surface area (Å²) < 4.78 is 0. The summed E-state index contributed by atoms with van der Waals surface area (Å²) in [6, 6.07) is 5.55. The molecule has 1 atom stereocenters. The first-order chi connectivity index (χ1) is 8.19. The van der Waals surface area contributed by atoms with Crippen LogP contribution in [0.15, 0.2) is 18.2 Å². The molecule has 1 aliphatic heterocycles. The van der Waals surface area contributed by atoms with E-state index in [0.717, 1.165) is 29.5 Å². The third kappa shape index (κ3) is 3.27. The molecule has 1 aromatic carbocycles. The normalized spacial score (nSPS) is 20.7. The van der Waals surface area contributed by atoms with Gasteiger partial charge in [0.2, 0.25) is 0 Å². The van der Waals surface area contributed by atoms with E-state index in [4.69, 9.17) is 17.3 Å². The maximum atomic E-state index is 5.95. The van der Waals surface area contributed by atoms with Gasteiger partial charge in [-0.05, 0) is 43.6 Å². The zero-order valence-electron chi connectivity index (χ0n) is 10.2. The summed E-state index contributed by atoms with van der Waals surface area (Å²) in [7, 11) is 0. The highest BCUT2D eigenvalue weighted by Gasteiger charge is 2.20. The van der Waals surface area contributed by atoms with Crippen molar-refractivity contribution in [1.29, 1.82) is 0 Å². The highest BCUT2D eigenvalue weighted by Crippen LogP contribution is 2.24. The van der Waals surface area contributed by atoms with Crippen LogP contribution in [0.5, 0.6) is 0 Å². The molecule has 17 heavy (non-hydrogen) atoms. The predicted octanol–water partition coefficient (Wildman–Crippen LogP) is 2.68. The van der Waals surface area contributed by atoms with Gasteiger partial charge in [0.25, 0.3) is 0 Å². The molecule has 1 aromatic rings. The molecule has 94 valence electrons. The number of likely N-dealkylation sites (tertiary alicyclic amines) is 1. The largest absolute Gasteiger partial charge is 0.397 e. The van der Waals surface area contributed by atoms with Gasteiger partial charge in [-0.1, -0.05) is 18.5 Å². The summed E-state index contributed by atoms with van der Waals surface area (Å²) in [5, 5.41) is 4.13. The maximum Gasteiger partial charge on any atom is 0.0588 e. The van der Waals surface area contributed by atoms with Crippen LogP contribution in [0.3, 0.4) is 0 Å². The smallest absolute Gasteiger partial charge is 0.0588 e. The minimum atomic E-state index is 0.716. The molecule has 4 heteroatoms. The molecule has 2 rings (SSSR count). The fourth-order valence-corrected chi connectivity index (χ4v) is 2.47. The van der Waals surface area contributed by atoms with Crippen LogP contribution in [-0.2, 0) is 0 Å². The Kier molecular flexibility index (Phi) is 4.13. The highest BCUT2D eigenvalue weighted by molar-refractivity contribution is 6.31. The Balaban J connectivity index is 1.88. The standard InChI is InChI=1S/C13H20ClN3/c1-2-17-6-5-10(9-17)8-16-13-7-11(14)3-4-12(13)15/h3-4,7,10,16H,2,5-6,8-9,15H2,1H3. The fourth-order valence-electron chi connectivity index (χ4n) is 2.30. The van der Waals surface area contributed by atoms with Gasteiger partial charge in [-0.25, -0.2) is 0 Å². The topological polar surface area (TPSA) is 41.3 Å². The lowest BCUT2D eigenvalue weighted by atomic mass is 10.1. The number of nitrogens with two attached hydrogens (primary N) is 1. The number of hydrogen-bond donors (Lipinski definition) is 2. The van der Waals surface area contributed by atoms with Crippen molar-refractivity contribution in [3.8, 4) is 0 Å². The van der Waals surface area contributed by atoms with Crippen molar-refractivity contribution in [3.05, 3.63) is 23.2 Å². The number of halogens is 1. The molecule has 1 unspecified atom stereocenters. The zero-order valence-corrected chi connectivity index (χ0v) is 11.0. The monoisotopic (exact) mass is 253 g/mol. The lowest BCUT2D eigenvalue weighted by Crippen LogP contribution is -2.22. The molecule has 3 nitrogen and oxygen atoms in total. The summed E-state index contributed by atoms with van der Waals surface area (Å²) >= 11 is 5.95. The molecular formula is C13H20ClN3.